The van der Waals surface area contributed by atoms with Crippen LogP contribution in [0.5, 0.6) is 0 Å². The van der Waals surface area contributed by atoms with Gasteiger partial charge in [-0.2, -0.15) is 9.97 Å². The van der Waals surface area contributed by atoms with E-state index < -0.39 is 70.4 Å². The quantitative estimate of drug-likeness (QED) is 0.0522. The fourth-order valence-corrected chi connectivity index (χ4v) is 5.59. The van der Waals surface area contributed by atoms with Crippen LogP contribution in [0.4, 0.5) is 16.3 Å². The second kappa shape index (κ2) is 15.0. The maximum atomic E-state index is 13.4. The number of nitro groups is 1. The van der Waals surface area contributed by atoms with E-state index in [-0.39, 0.29) is 41.0 Å². The van der Waals surface area contributed by atoms with E-state index in [4.69, 9.17) is 41.7 Å². The molecule has 4 rings (SSSR count). The number of terminal acetylenes is 1. The molecular weight excluding hydrogens is 692 g/mol. The second-order valence-corrected chi connectivity index (χ2v) is 13.1. The molecule has 0 bridgehead atoms. The van der Waals surface area contributed by atoms with Crippen molar-refractivity contribution >= 4 is 58.1 Å². The van der Waals surface area contributed by atoms with E-state index in [1.54, 1.807) is 34.6 Å². The first-order valence-electron chi connectivity index (χ1n) is 15.6. The average molecular weight is 729 g/mol. The number of halogens is 1. The highest BCUT2D eigenvalue weighted by atomic mass is 35.5. The van der Waals surface area contributed by atoms with E-state index >= 15 is 0 Å². The van der Waals surface area contributed by atoms with Gasteiger partial charge in [0.25, 0.3) is 5.69 Å². The Hall–Kier alpha value is -5.18. The Morgan fingerprint density at radius 1 is 1.18 bits per heavy atom. The molecule has 3 heterocycles. The number of esters is 2. The van der Waals surface area contributed by atoms with Gasteiger partial charge in [-0.1, -0.05) is 18.1 Å². The summed E-state index contributed by atoms with van der Waals surface area (Å²) >= 11 is 6.24. The summed E-state index contributed by atoms with van der Waals surface area (Å²) in [6.07, 6.45) is 2.59. The number of amides is 1. The van der Waals surface area contributed by atoms with Gasteiger partial charge in [-0.15, -0.1) is 6.42 Å². The molecule has 1 saturated heterocycles. The first-order chi connectivity index (χ1) is 23.8. The number of Topliss-reactive ketones (excluding diaryl/α,β-unsaturated/α-hetero) is 1. The first-order valence-corrected chi connectivity index (χ1v) is 16.0. The molecule has 1 aromatic carbocycles. The molecule has 1 N–H and O–H groups in total. The zero-order chi connectivity index (χ0) is 37.9. The molecule has 5 atom stereocenters. The summed E-state index contributed by atoms with van der Waals surface area (Å²) < 4.78 is 30.2. The molecule has 1 unspecified atom stereocenters. The van der Waals surface area contributed by atoms with Crippen molar-refractivity contribution in [3.63, 3.8) is 0 Å². The van der Waals surface area contributed by atoms with Crippen LogP contribution in [-0.4, -0.2) is 84.9 Å². The van der Waals surface area contributed by atoms with Gasteiger partial charge < -0.3 is 23.7 Å². The monoisotopic (exact) mass is 728 g/mol. The number of aromatic nitrogens is 4. The van der Waals surface area contributed by atoms with Gasteiger partial charge in [0.15, 0.2) is 35.1 Å². The lowest BCUT2D eigenvalue weighted by molar-refractivity contribution is -0.384. The normalized spacial score (nSPS) is 21.3. The van der Waals surface area contributed by atoms with Crippen LogP contribution in [0.1, 0.15) is 60.3 Å². The molecule has 1 amide bonds. The minimum atomic E-state index is -2.22. The van der Waals surface area contributed by atoms with Crippen molar-refractivity contribution in [3.05, 3.63) is 51.6 Å². The average Bonchev–Trinajstić information content (AvgIpc) is 3.56. The van der Waals surface area contributed by atoms with Crippen LogP contribution < -0.4 is 5.32 Å². The molecule has 1 fully saturated rings. The van der Waals surface area contributed by atoms with E-state index in [2.05, 4.69) is 26.2 Å². The van der Waals surface area contributed by atoms with Crippen molar-refractivity contribution in [2.75, 3.05) is 18.5 Å². The number of nitro benzene ring substituents is 1. The molecule has 0 radical (unpaired) electrons. The molecule has 0 spiro atoms. The molecule has 3 aromatic rings. The maximum Gasteiger partial charge on any atom is 0.413 e. The Balaban J connectivity index is 1.74. The predicted molar refractivity (Wildman–Crippen MR) is 179 cm³/mol. The Morgan fingerprint density at radius 2 is 1.84 bits per heavy atom. The van der Waals surface area contributed by atoms with Crippen LogP contribution in [-0.2, 0) is 44.5 Å². The van der Waals surface area contributed by atoms with E-state index in [1.165, 1.54) is 42.1 Å². The molecule has 0 saturated carbocycles. The van der Waals surface area contributed by atoms with Crippen molar-refractivity contribution in [2.24, 2.45) is 5.41 Å². The van der Waals surface area contributed by atoms with Crippen LogP contribution in [0, 0.1) is 27.9 Å². The molecule has 0 aliphatic carbocycles. The summed E-state index contributed by atoms with van der Waals surface area (Å²) in [5.41, 5.74) is -4.17. The second-order valence-electron chi connectivity index (χ2n) is 12.8. The predicted octanol–water partition coefficient (Wildman–Crippen LogP) is 4.35. The molecule has 18 heteroatoms. The summed E-state index contributed by atoms with van der Waals surface area (Å²) in [7, 11) is 0. The zero-order valence-corrected chi connectivity index (χ0v) is 29.7. The lowest BCUT2D eigenvalue weighted by atomic mass is 9.81. The Labute approximate surface area is 297 Å². The third-order valence-electron chi connectivity index (χ3n) is 7.97. The summed E-state index contributed by atoms with van der Waals surface area (Å²) in [6, 6.07) is 5.25. The highest BCUT2D eigenvalue weighted by Crippen LogP contribution is 2.47. The van der Waals surface area contributed by atoms with Crippen molar-refractivity contribution in [1.82, 2.24) is 19.5 Å². The number of imidazole rings is 1. The number of hydrogen-bond donors (Lipinski definition) is 1. The largest absolute Gasteiger partial charge is 0.463 e. The number of carbonyl (C=O) groups is 4. The fourth-order valence-electron chi connectivity index (χ4n) is 5.42. The van der Waals surface area contributed by atoms with Gasteiger partial charge in [0.2, 0.25) is 10.9 Å². The number of ketones is 1. The van der Waals surface area contributed by atoms with Crippen LogP contribution in [0.15, 0.2) is 30.6 Å². The zero-order valence-electron chi connectivity index (χ0n) is 28.9. The van der Waals surface area contributed by atoms with Gasteiger partial charge in [0.05, 0.1) is 29.9 Å². The summed E-state index contributed by atoms with van der Waals surface area (Å²) in [5.74, 6) is 0.131. The van der Waals surface area contributed by atoms with Crippen LogP contribution in [0.3, 0.4) is 0 Å². The van der Waals surface area contributed by atoms with Crippen LogP contribution >= 0.6 is 11.6 Å². The Morgan fingerprint density at radius 3 is 2.39 bits per heavy atom. The SMILES string of the molecule is C#C[C@@]1(C)[C@@H](COC(Cc2ccc([N+](=O)[O-])cc2)(C(C)=O)C(=O)OCC)O[C@@H](n2cnc3c(NC(=O)OC(C)(C)C)nc(Cl)nc32)[C@@H]1OC(C)=O. The number of benzene rings is 1. The van der Waals surface area contributed by atoms with Crippen LogP contribution in [0.2, 0.25) is 5.28 Å². The Bertz CT molecular complexity index is 1890. The minimum Gasteiger partial charge on any atom is -0.463 e. The molecule has 1 aliphatic rings. The maximum absolute atomic E-state index is 13.4. The third-order valence-corrected chi connectivity index (χ3v) is 8.14. The highest BCUT2D eigenvalue weighted by molar-refractivity contribution is 6.28. The number of fused-ring (bicyclic) bond motifs is 1. The molecule has 272 valence electrons. The van der Waals surface area contributed by atoms with Crippen molar-refractivity contribution < 1.29 is 47.8 Å². The number of nitrogens with one attached hydrogen (secondary N) is 1. The summed E-state index contributed by atoms with van der Waals surface area (Å²) in [6.45, 7) is 9.92. The first kappa shape index (κ1) is 38.6. The lowest BCUT2D eigenvalue weighted by Crippen LogP contribution is -2.53. The number of non-ortho nitro benzene ring substituents is 1. The molecule has 1 aliphatic heterocycles. The highest BCUT2D eigenvalue weighted by Gasteiger charge is 2.58. The van der Waals surface area contributed by atoms with Gasteiger partial charge in [0, 0.05) is 25.5 Å². The minimum absolute atomic E-state index is 0.0620. The topological polar surface area (TPSA) is 213 Å². The summed E-state index contributed by atoms with van der Waals surface area (Å²) in [5, 5.41) is 13.4. The number of rotatable bonds is 12. The number of ether oxygens (including phenoxy) is 5. The lowest BCUT2D eigenvalue weighted by Gasteiger charge is -2.33. The number of carbonyl (C=O) groups excluding carboxylic acids is 4. The van der Waals surface area contributed by atoms with Gasteiger partial charge in [0.1, 0.15) is 11.7 Å². The Kier molecular flexibility index (Phi) is 11.3. The van der Waals surface area contributed by atoms with Crippen molar-refractivity contribution in [2.45, 2.75) is 84.5 Å². The van der Waals surface area contributed by atoms with Gasteiger partial charge >= 0.3 is 18.0 Å². The molecular formula is C33H37ClN6O11. The number of nitrogens with zero attached hydrogens (tertiary/aromatic N) is 5. The summed E-state index contributed by atoms with van der Waals surface area (Å²) in [4.78, 5) is 74.9. The van der Waals surface area contributed by atoms with Gasteiger partial charge in [-0.05, 0) is 58.7 Å². The van der Waals surface area contributed by atoms with E-state index in [0.29, 0.717) is 5.56 Å². The van der Waals surface area contributed by atoms with Crippen molar-refractivity contribution in [3.8, 4) is 12.3 Å². The molecule has 51 heavy (non-hydrogen) atoms. The molecule has 17 nitrogen and oxygen atoms in total. The van der Waals surface area contributed by atoms with E-state index in [0.717, 1.165) is 6.92 Å². The smallest absolute Gasteiger partial charge is 0.413 e. The third kappa shape index (κ3) is 8.25. The fraction of sp³-hybridized carbons (Fsp3) is 0.485. The standard InChI is InChI=1S/C33H37ClN6O11/c1-9-32(8)22(16-48-33(18(3)41,28(43)47-10-2)15-20-11-13-21(14-12-20)40(45)46)50-27(24(32)49-19(4)42)39-17-35-23-25(36-29(34)38-26(23)39)37-30(44)51-31(5,6)7/h1,11-14,17,22,24,27H,10,15-16H2,2-8H3,(H,36,37,38,44)/t22-,24+,27-,32+,33?/m1/s1. The molecule has 2 aromatic heterocycles. The van der Waals surface area contributed by atoms with E-state index in [1.807, 2.05) is 0 Å². The van der Waals surface area contributed by atoms with Gasteiger partial charge in [-0.25, -0.2) is 14.6 Å². The van der Waals surface area contributed by atoms with E-state index in [9.17, 15) is 29.3 Å². The number of anilines is 1. The van der Waals surface area contributed by atoms with Crippen molar-refractivity contribution in [1.29, 1.82) is 0 Å². The van der Waals surface area contributed by atoms with Crippen LogP contribution in [0.25, 0.3) is 11.2 Å². The number of hydrogen-bond acceptors (Lipinski definition) is 14. The van der Waals surface area contributed by atoms with Gasteiger partial charge in [-0.3, -0.25) is 29.6 Å².